The van der Waals surface area contributed by atoms with Crippen LogP contribution in [0.4, 0.5) is 0 Å². The molecule has 1 aromatic heterocycles. The average molecular weight is 369 g/mol. The number of primary amides is 1. The minimum atomic E-state index is -1.12. The van der Waals surface area contributed by atoms with E-state index in [0.29, 0.717) is 28.1 Å². The molecular weight excluding hydrogens is 355 g/mol. The summed E-state index contributed by atoms with van der Waals surface area (Å²) in [7, 11) is 0. The number of hydrogen-bond acceptors (Lipinski definition) is 4. The molecule has 0 fully saturated rings. The van der Waals surface area contributed by atoms with E-state index in [9.17, 15) is 9.59 Å². The van der Waals surface area contributed by atoms with Crippen LogP contribution in [-0.2, 0) is 4.79 Å². The largest absolute Gasteiger partial charge is 0.480 e. The number of rotatable bonds is 5. The molecule has 24 heavy (non-hydrogen) atoms. The van der Waals surface area contributed by atoms with Crippen LogP contribution in [0.25, 0.3) is 11.3 Å². The highest BCUT2D eigenvalue weighted by Crippen LogP contribution is 2.40. The molecule has 6 nitrogen and oxygen atoms in total. The van der Waals surface area contributed by atoms with Crippen LogP contribution in [-0.4, -0.2) is 28.6 Å². The summed E-state index contributed by atoms with van der Waals surface area (Å²) in [5.41, 5.74) is 7.91. The second-order valence-electron chi connectivity index (χ2n) is 5.07. The molecule has 0 unspecified atom stereocenters. The molecule has 0 radical (unpaired) electrons. The van der Waals surface area contributed by atoms with Gasteiger partial charge in [0.15, 0.2) is 6.61 Å². The van der Waals surface area contributed by atoms with E-state index < -0.39 is 18.5 Å². The van der Waals surface area contributed by atoms with Gasteiger partial charge in [-0.1, -0.05) is 23.2 Å². The maximum Gasteiger partial charge on any atom is 0.341 e. The molecule has 1 amide bonds. The van der Waals surface area contributed by atoms with Gasteiger partial charge in [-0.15, -0.1) is 0 Å². The van der Waals surface area contributed by atoms with Crippen molar-refractivity contribution in [1.82, 2.24) is 4.98 Å². The molecule has 0 aliphatic carbocycles. The highest BCUT2D eigenvalue weighted by atomic mass is 35.5. The van der Waals surface area contributed by atoms with Crippen LogP contribution in [0.15, 0.2) is 18.2 Å². The SMILES string of the molecule is Cc1cc(C(N)=O)c(C)nc1-c1ccc(OCC(=O)O)c(Cl)c1Cl. The molecule has 1 aromatic carbocycles. The average Bonchev–Trinajstić information content (AvgIpc) is 2.50. The Hall–Kier alpha value is -2.31. The fraction of sp³-hybridized carbons (Fsp3) is 0.188. The molecule has 3 N–H and O–H groups in total. The Morgan fingerprint density at radius 2 is 1.92 bits per heavy atom. The third-order valence-corrected chi connectivity index (χ3v) is 4.19. The Labute approximate surface area is 148 Å². The van der Waals surface area contributed by atoms with Gasteiger partial charge in [0.1, 0.15) is 10.8 Å². The monoisotopic (exact) mass is 368 g/mol. The van der Waals surface area contributed by atoms with Crippen LogP contribution in [0, 0.1) is 13.8 Å². The van der Waals surface area contributed by atoms with Crippen molar-refractivity contribution < 1.29 is 19.4 Å². The van der Waals surface area contributed by atoms with Crippen LogP contribution < -0.4 is 10.5 Å². The summed E-state index contributed by atoms with van der Waals surface area (Å²) >= 11 is 12.4. The number of pyridine rings is 1. The quantitative estimate of drug-likeness (QED) is 0.842. The van der Waals surface area contributed by atoms with Crippen LogP contribution >= 0.6 is 23.2 Å². The van der Waals surface area contributed by atoms with E-state index in [1.54, 1.807) is 26.0 Å². The third-order valence-electron chi connectivity index (χ3n) is 3.32. The number of aliphatic carboxylic acids is 1. The van der Waals surface area contributed by atoms with Gasteiger partial charge < -0.3 is 15.6 Å². The van der Waals surface area contributed by atoms with Crippen LogP contribution in [0.1, 0.15) is 21.6 Å². The molecule has 8 heteroatoms. The zero-order valence-corrected chi connectivity index (χ0v) is 14.4. The fourth-order valence-corrected chi connectivity index (χ4v) is 2.66. The number of carboxylic acids is 1. The lowest BCUT2D eigenvalue weighted by molar-refractivity contribution is -0.139. The Balaban J connectivity index is 2.50. The van der Waals surface area contributed by atoms with Crippen molar-refractivity contribution in [1.29, 1.82) is 0 Å². The number of nitrogens with zero attached hydrogens (tertiary/aromatic N) is 1. The van der Waals surface area contributed by atoms with Gasteiger partial charge in [0.25, 0.3) is 5.91 Å². The summed E-state index contributed by atoms with van der Waals surface area (Å²) in [5.74, 6) is -1.52. The summed E-state index contributed by atoms with van der Waals surface area (Å²) in [5, 5.41) is 8.93. The van der Waals surface area contributed by atoms with Gasteiger partial charge in [-0.2, -0.15) is 0 Å². The van der Waals surface area contributed by atoms with E-state index in [0.717, 1.165) is 0 Å². The Bertz CT molecular complexity index is 837. The molecule has 2 rings (SSSR count). The van der Waals surface area contributed by atoms with Crippen LogP contribution in [0.2, 0.25) is 10.0 Å². The van der Waals surface area contributed by atoms with Gasteiger partial charge in [-0.05, 0) is 37.6 Å². The number of carbonyl (C=O) groups is 2. The van der Waals surface area contributed by atoms with Gasteiger partial charge in [-0.3, -0.25) is 9.78 Å². The smallest absolute Gasteiger partial charge is 0.341 e. The molecule has 2 aromatic rings. The summed E-state index contributed by atoms with van der Waals surface area (Å²) in [6, 6.07) is 4.79. The van der Waals surface area contributed by atoms with Crippen molar-refractivity contribution >= 4 is 35.1 Å². The predicted molar refractivity (Wildman–Crippen MR) is 90.8 cm³/mol. The number of nitrogens with two attached hydrogens (primary N) is 1. The van der Waals surface area contributed by atoms with Gasteiger partial charge in [0.05, 0.1) is 22.0 Å². The van der Waals surface area contributed by atoms with Crippen molar-refractivity contribution in [2.24, 2.45) is 5.73 Å². The predicted octanol–water partition coefficient (Wildman–Crippen LogP) is 3.23. The van der Waals surface area contributed by atoms with E-state index in [4.69, 9.17) is 38.8 Å². The summed E-state index contributed by atoms with van der Waals surface area (Å²) in [6.07, 6.45) is 0. The highest BCUT2D eigenvalue weighted by molar-refractivity contribution is 6.44. The molecule has 0 spiro atoms. The van der Waals surface area contributed by atoms with Crippen molar-refractivity contribution in [3.8, 4) is 17.0 Å². The summed E-state index contributed by atoms with van der Waals surface area (Å²) in [4.78, 5) is 26.4. The number of aryl methyl sites for hydroxylation is 2. The Kier molecular flexibility index (Phi) is 5.31. The number of amides is 1. The summed E-state index contributed by atoms with van der Waals surface area (Å²) in [6.45, 7) is 2.91. The first-order chi connectivity index (χ1) is 11.2. The second-order valence-corrected chi connectivity index (χ2v) is 5.83. The lowest BCUT2D eigenvalue weighted by atomic mass is 10.0. The minimum Gasteiger partial charge on any atom is -0.480 e. The molecule has 0 atom stereocenters. The van der Waals surface area contributed by atoms with E-state index in [1.165, 1.54) is 6.07 Å². The molecule has 0 bridgehead atoms. The molecule has 0 aliphatic rings. The molecule has 1 heterocycles. The number of halogens is 2. The van der Waals surface area contributed by atoms with E-state index in [2.05, 4.69) is 4.98 Å². The number of carbonyl (C=O) groups excluding carboxylic acids is 1. The van der Waals surface area contributed by atoms with Gasteiger partial charge >= 0.3 is 5.97 Å². The number of aromatic nitrogens is 1. The number of hydrogen-bond donors (Lipinski definition) is 2. The normalized spacial score (nSPS) is 10.5. The Morgan fingerprint density at radius 1 is 1.25 bits per heavy atom. The number of carboxylic acid groups (broad SMARTS) is 1. The van der Waals surface area contributed by atoms with Gasteiger partial charge in [0, 0.05) is 5.56 Å². The highest BCUT2D eigenvalue weighted by Gasteiger charge is 2.18. The van der Waals surface area contributed by atoms with Crippen molar-refractivity contribution in [2.75, 3.05) is 6.61 Å². The van der Waals surface area contributed by atoms with Crippen molar-refractivity contribution in [3.05, 3.63) is 45.1 Å². The number of benzene rings is 1. The lowest BCUT2D eigenvalue weighted by Crippen LogP contribution is -2.14. The Morgan fingerprint density at radius 3 is 2.50 bits per heavy atom. The van der Waals surface area contributed by atoms with Crippen LogP contribution in [0.3, 0.4) is 0 Å². The summed E-state index contributed by atoms with van der Waals surface area (Å²) < 4.78 is 5.08. The molecule has 126 valence electrons. The zero-order valence-electron chi connectivity index (χ0n) is 12.9. The van der Waals surface area contributed by atoms with Gasteiger partial charge in [0.2, 0.25) is 0 Å². The van der Waals surface area contributed by atoms with Crippen LogP contribution in [0.5, 0.6) is 5.75 Å². The maximum atomic E-state index is 11.4. The maximum absolute atomic E-state index is 11.4. The first kappa shape index (κ1) is 18.0. The first-order valence-corrected chi connectivity index (χ1v) is 7.59. The number of ether oxygens (including phenoxy) is 1. The van der Waals surface area contributed by atoms with E-state index in [1.807, 2.05) is 0 Å². The molecule has 0 aliphatic heterocycles. The standard InChI is InChI=1S/C16H14Cl2N2O4/c1-7-5-10(16(19)23)8(2)20-15(7)9-3-4-11(14(18)13(9)17)24-6-12(21)22/h3-5H,6H2,1-2H3,(H2,19,23)(H,21,22). The van der Waals surface area contributed by atoms with Crippen molar-refractivity contribution in [2.45, 2.75) is 13.8 Å². The van der Waals surface area contributed by atoms with Gasteiger partial charge in [-0.25, -0.2) is 4.79 Å². The molecule has 0 saturated carbocycles. The zero-order chi connectivity index (χ0) is 18.0. The van der Waals surface area contributed by atoms with Crippen molar-refractivity contribution in [3.63, 3.8) is 0 Å². The van der Waals surface area contributed by atoms with E-state index >= 15 is 0 Å². The van der Waals surface area contributed by atoms with E-state index in [-0.39, 0.29) is 15.8 Å². The topological polar surface area (TPSA) is 103 Å². The molecular formula is C16H14Cl2N2O4. The second kappa shape index (κ2) is 7.07. The fourth-order valence-electron chi connectivity index (χ4n) is 2.19. The first-order valence-electron chi connectivity index (χ1n) is 6.83. The minimum absolute atomic E-state index is 0.0910. The molecule has 0 saturated heterocycles. The lowest BCUT2D eigenvalue weighted by Gasteiger charge is -2.14. The third kappa shape index (κ3) is 3.60.